The first-order chi connectivity index (χ1) is 9.26. The molecule has 2 amide bonds. The van der Waals surface area contributed by atoms with Gasteiger partial charge in [-0.05, 0) is 30.6 Å². The molecule has 0 heterocycles. The molecule has 0 radical (unpaired) electrons. The Morgan fingerprint density at radius 3 is 3.11 bits per heavy atom. The van der Waals surface area contributed by atoms with Crippen LogP contribution in [0.4, 0.5) is 10.5 Å². The summed E-state index contributed by atoms with van der Waals surface area (Å²) in [6.07, 6.45) is 8.12. The Balaban J connectivity index is 2.39. The van der Waals surface area contributed by atoms with E-state index in [9.17, 15) is 4.79 Å². The summed E-state index contributed by atoms with van der Waals surface area (Å²) in [6, 6.07) is 6.91. The number of ether oxygens (including phenoxy) is 1. The highest BCUT2D eigenvalue weighted by Crippen LogP contribution is 2.16. The number of hydrogen-bond acceptors (Lipinski definition) is 3. The molecule has 1 aromatic carbocycles. The molecule has 0 bridgehead atoms. The minimum atomic E-state index is -0.213. The van der Waals surface area contributed by atoms with E-state index < -0.39 is 0 Å². The minimum absolute atomic E-state index is 0.213. The summed E-state index contributed by atoms with van der Waals surface area (Å²) in [6.45, 7) is 0.879. The predicted octanol–water partition coefficient (Wildman–Crippen LogP) is 2.57. The molecule has 4 nitrogen and oxygen atoms in total. The van der Waals surface area contributed by atoms with Crippen molar-refractivity contribution in [3.63, 3.8) is 0 Å². The van der Waals surface area contributed by atoms with Crippen molar-refractivity contribution in [2.45, 2.75) is 6.42 Å². The van der Waals surface area contributed by atoms with Crippen molar-refractivity contribution in [1.29, 1.82) is 0 Å². The normalized spacial score (nSPS) is 9.47. The van der Waals surface area contributed by atoms with E-state index in [-0.39, 0.29) is 12.6 Å². The lowest BCUT2D eigenvalue weighted by Gasteiger charge is -2.09. The first-order valence-corrected chi connectivity index (χ1v) is 7.35. The van der Waals surface area contributed by atoms with Gasteiger partial charge < -0.3 is 15.4 Å². The fourth-order valence-electron chi connectivity index (χ4n) is 1.38. The highest BCUT2D eigenvalue weighted by molar-refractivity contribution is 7.98. The number of amides is 2. The van der Waals surface area contributed by atoms with E-state index in [1.54, 1.807) is 36.0 Å². The average molecular weight is 278 g/mol. The standard InChI is InChI=1S/C14H18N2O2S/c1-3-9-18-13-7-4-6-12(11-13)16-14(17)15-8-5-10-19-2/h1,4,6-7,11H,5,8-10H2,2H3,(H2,15,16,17). The van der Waals surface area contributed by atoms with Crippen LogP contribution in [0.2, 0.25) is 0 Å². The molecule has 0 spiro atoms. The predicted molar refractivity (Wildman–Crippen MR) is 80.8 cm³/mol. The number of carbonyl (C=O) groups is 1. The largest absolute Gasteiger partial charge is 0.481 e. The Hall–Kier alpha value is -1.80. The maximum Gasteiger partial charge on any atom is 0.319 e. The van der Waals surface area contributed by atoms with Crippen LogP contribution in [0, 0.1) is 12.3 Å². The summed E-state index contributed by atoms with van der Waals surface area (Å²) in [7, 11) is 0. The summed E-state index contributed by atoms with van der Waals surface area (Å²) < 4.78 is 5.28. The Labute approximate surface area is 118 Å². The molecule has 1 rings (SSSR count). The van der Waals surface area contributed by atoms with Gasteiger partial charge in [-0.15, -0.1) is 6.42 Å². The molecule has 1 aromatic rings. The van der Waals surface area contributed by atoms with E-state index in [0.29, 0.717) is 18.0 Å². The van der Waals surface area contributed by atoms with E-state index in [0.717, 1.165) is 12.2 Å². The van der Waals surface area contributed by atoms with Gasteiger partial charge in [0, 0.05) is 18.3 Å². The number of benzene rings is 1. The molecule has 0 saturated carbocycles. The van der Waals surface area contributed by atoms with Crippen molar-refractivity contribution in [3.8, 4) is 18.1 Å². The highest BCUT2D eigenvalue weighted by Gasteiger charge is 2.02. The minimum Gasteiger partial charge on any atom is -0.481 e. The first kappa shape index (κ1) is 15.3. The Kier molecular flexibility index (Phi) is 7.37. The SMILES string of the molecule is C#CCOc1cccc(NC(=O)NCCCSC)c1. The molecule has 5 heteroatoms. The quantitative estimate of drug-likeness (QED) is 0.595. The molecule has 0 aliphatic carbocycles. The zero-order chi connectivity index (χ0) is 13.9. The molecule has 0 unspecified atom stereocenters. The second kappa shape index (κ2) is 9.17. The second-order valence-corrected chi connectivity index (χ2v) is 4.73. The van der Waals surface area contributed by atoms with E-state index in [1.165, 1.54) is 0 Å². The molecular formula is C14H18N2O2S. The summed E-state index contributed by atoms with van der Waals surface area (Å²) in [5, 5.41) is 5.54. The third kappa shape index (κ3) is 6.63. The zero-order valence-electron chi connectivity index (χ0n) is 10.9. The van der Waals surface area contributed by atoms with Crippen LogP contribution in [-0.2, 0) is 0 Å². The summed E-state index contributed by atoms with van der Waals surface area (Å²) in [5.74, 6) is 4.07. The maximum atomic E-state index is 11.6. The molecule has 0 atom stereocenters. The van der Waals surface area contributed by atoms with Crippen molar-refractivity contribution in [2.75, 3.05) is 30.5 Å². The van der Waals surface area contributed by atoms with Crippen LogP contribution in [0.1, 0.15) is 6.42 Å². The Morgan fingerprint density at radius 2 is 2.37 bits per heavy atom. The van der Waals surface area contributed by atoms with Gasteiger partial charge in [0.2, 0.25) is 0 Å². The highest BCUT2D eigenvalue weighted by atomic mass is 32.2. The molecule has 0 fully saturated rings. The van der Waals surface area contributed by atoms with Gasteiger partial charge in [-0.3, -0.25) is 0 Å². The van der Waals surface area contributed by atoms with Crippen molar-refractivity contribution in [3.05, 3.63) is 24.3 Å². The van der Waals surface area contributed by atoms with E-state index in [2.05, 4.69) is 16.6 Å². The van der Waals surface area contributed by atoms with Crippen LogP contribution in [0.5, 0.6) is 5.75 Å². The molecule has 0 saturated heterocycles. The number of carbonyl (C=O) groups excluding carboxylic acids is 1. The Morgan fingerprint density at radius 1 is 1.53 bits per heavy atom. The zero-order valence-corrected chi connectivity index (χ0v) is 11.8. The van der Waals surface area contributed by atoms with Crippen LogP contribution in [0.15, 0.2) is 24.3 Å². The number of nitrogens with one attached hydrogen (secondary N) is 2. The van der Waals surface area contributed by atoms with E-state index >= 15 is 0 Å². The van der Waals surface area contributed by atoms with Crippen LogP contribution in [0.3, 0.4) is 0 Å². The lowest BCUT2D eigenvalue weighted by Crippen LogP contribution is -2.29. The van der Waals surface area contributed by atoms with Crippen LogP contribution < -0.4 is 15.4 Å². The van der Waals surface area contributed by atoms with Crippen molar-refractivity contribution in [1.82, 2.24) is 5.32 Å². The fourth-order valence-corrected chi connectivity index (χ4v) is 1.82. The first-order valence-electron chi connectivity index (χ1n) is 5.96. The number of hydrogen-bond donors (Lipinski definition) is 2. The van der Waals surface area contributed by atoms with Crippen LogP contribution in [0.25, 0.3) is 0 Å². The topological polar surface area (TPSA) is 50.4 Å². The van der Waals surface area contributed by atoms with Gasteiger partial charge in [-0.25, -0.2) is 4.79 Å². The van der Waals surface area contributed by atoms with E-state index in [1.807, 2.05) is 6.26 Å². The number of anilines is 1. The average Bonchev–Trinajstić information content (AvgIpc) is 2.42. The molecule has 102 valence electrons. The molecule has 0 aliphatic rings. The lowest BCUT2D eigenvalue weighted by atomic mass is 10.3. The van der Waals surface area contributed by atoms with Gasteiger partial charge in [0.05, 0.1) is 0 Å². The van der Waals surface area contributed by atoms with Crippen LogP contribution in [-0.4, -0.2) is 31.2 Å². The molecule has 2 N–H and O–H groups in total. The molecule has 0 aromatic heterocycles. The van der Waals surface area contributed by atoms with Gasteiger partial charge >= 0.3 is 6.03 Å². The molecule has 0 aliphatic heterocycles. The molecular weight excluding hydrogens is 260 g/mol. The van der Waals surface area contributed by atoms with E-state index in [4.69, 9.17) is 11.2 Å². The fraction of sp³-hybridized carbons (Fsp3) is 0.357. The third-order valence-electron chi connectivity index (χ3n) is 2.22. The molecule has 19 heavy (non-hydrogen) atoms. The lowest BCUT2D eigenvalue weighted by molar-refractivity contribution is 0.252. The summed E-state index contributed by atoms with van der Waals surface area (Å²) in [5.41, 5.74) is 0.678. The monoisotopic (exact) mass is 278 g/mol. The summed E-state index contributed by atoms with van der Waals surface area (Å²) >= 11 is 1.76. The van der Waals surface area contributed by atoms with Crippen LogP contribution >= 0.6 is 11.8 Å². The van der Waals surface area contributed by atoms with Crippen molar-refractivity contribution in [2.24, 2.45) is 0 Å². The smallest absolute Gasteiger partial charge is 0.319 e. The van der Waals surface area contributed by atoms with Gasteiger partial charge in [0.25, 0.3) is 0 Å². The van der Waals surface area contributed by atoms with Gasteiger partial charge in [-0.1, -0.05) is 12.0 Å². The Bertz CT molecular complexity index is 443. The second-order valence-electron chi connectivity index (χ2n) is 3.75. The van der Waals surface area contributed by atoms with Gasteiger partial charge in [-0.2, -0.15) is 11.8 Å². The maximum absolute atomic E-state index is 11.6. The van der Waals surface area contributed by atoms with Gasteiger partial charge in [0.15, 0.2) is 0 Å². The third-order valence-corrected chi connectivity index (χ3v) is 2.92. The van der Waals surface area contributed by atoms with Crippen molar-refractivity contribution >= 4 is 23.5 Å². The summed E-state index contributed by atoms with van der Waals surface area (Å²) in [4.78, 5) is 11.6. The number of terminal acetylenes is 1. The van der Waals surface area contributed by atoms with Gasteiger partial charge in [0.1, 0.15) is 12.4 Å². The number of thioether (sulfide) groups is 1. The number of rotatable bonds is 7. The number of urea groups is 1. The van der Waals surface area contributed by atoms with Crippen molar-refractivity contribution < 1.29 is 9.53 Å².